The number of nitrogens with zero attached hydrogens (tertiary/aromatic N) is 3. The van der Waals surface area contributed by atoms with E-state index in [9.17, 15) is 24.3 Å². The fourth-order valence-electron chi connectivity index (χ4n) is 12.5. The first kappa shape index (κ1) is 46.6. The Hall–Kier alpha value is -6.76. The van der Waals surface area contributed by atoms with E-state index in [0.29, 0.717) is 74.2 Å². The van der Waals surface area contributed by atoms with Gasteiger partial charge in [-0.2, -0.15) is 0 Å². The molecule has 0 atom stereocenters. The number of likely N-dealkylation sites (tertiary alicyclic amines) is 1. The van der Waals surface area contributed by atoms with E-state index in [-0.39, 0.29) is 24.4 Å². The molecular weight excluding hydrogens is 895 g/mol. The lowest BCUT2D eigenvalue weighted by molar-refractivity contribution is -0.186. The summed E-state index contributed by atoms with van der Waals surface area (Å²) in [5.41, 5.74) is 13.1. The first-order chi connectivity index (χ1) is 34.6. The van der Waals surface area contributed by atoms with E-state index in [1.807, 2.05) is 59.5 Å². The summed E-state index contributed by atoms with van der Waals surface area (Å²) in [4.78, 5) is 52.9. The molecule has 4 fully saturated rings. The van der Waals surface area contributed by atoms with Crippen LogP contribution in [-0.2, 0) is 41.6 Å². The van der Waals surface area contributed by atoms with Crippen molar-refractivity contribution >= 4 is 57.8 Å². The largest absolute Gasteiger partial charge is 0.478 e. The molecule has 12 rings (SSSR count). The number of fused-ring (bicyclic) bond motifs is 10. The lowest BCUT2D eigenvalue weighted by Crippen LogP contribution is -2.47. The monoisotopic (exact) mass is 955 g/mol. The molecule has 12 heteroatoms. The van der Waals surface area contributed by atoms with Crippen molar-refractivity contribution < 1.29 is 43.2 Å². The van der Waals surface area contributed by atoms with Crippen LogP contribution < -0.4 is 0 Å². The van der Waals surface area contributed by atoms with Crippen molar-refractivity contribution in [2.75, 3.05) is 40.5 Å². The van der Waals surface area contributed by atoms with E-state index < -0.39 is 11.8 Å². The van der Waals surface area contributed by atoms with Gasteiger partial charge in [-0.25, -0.2) is 14.4 Å². The molecule has 1 N–H and O–H groups in total. The predicted molar refractivity (Wildman–Crippen MR) is 273 cm³/mol. The second-order valence-electron chi connectivity index (χ2n) is 20.0. The van der Waals surface area contributed by atoms with Gasteiger partial charge in [0.1, 0.15) is 0 Å². The predicted octanol–water partition coefficient (Wildman–Crippen LogP) is 11.5. The van der Waals surface area contributed by atoms with Crippen molar-refractivity contribution in [3.8, 4) is 22.5 Å². The Morgan fingerprint density at radius 3 is 1.51 bits per heavy atom. The second-order valence-corrected chi connectivity index (χ2v) is 20.0. The summed E-state index contributed by atoms with van der Waals surface area (Å²) in [6.07, 6.45) is 17.2. The zero-order valence-corrected chi connectivity index (χ0v) is 40.7. The number of carbonyl (C=O) groups excluding carboxylic acids is 3. The van der Waals surface area contributed by atoms with Crippen LogP contribution in [0.1, 0.15) is 132 Å². The van der Waals surface area contributed by atoms with Crippen LogP contribution in [0.4, 0.5) is 0 Å². The van der Waals surface area contributed by atoms with Crippen LogP contribution in [0.2, 0.25) is 0 Å². The summed E-state index contributed by atoms with van der Waals surface area (Å²) in [7, 11) is 2.79. The summed E-state index contributed by atoms with van der Waals surface area (Å²) in [5.74, 6) is -1.25. The highest BCUT2D eigenvalue weighted by Gasteiger charge is 2.42. The number of rotatable bonds is 6. The summed E-state index contributed by atoms with van der Waals surface area (Å²) in [6, 6.07) is 28.0. The topological polar surface area (TPSA) is 139 Å². The average molecular weight is 956 g/mol. The number of aliphatic carboxylic acids is 1. The van der Waals surface area contributed by atoms with Crippen LogP contribution in [0.25, 0.3) is 56.5 Å². The minimum absolute atomic E-state index is 0.0562. The van der Waals surface area contributed by atoms with Gasteiger partial charge in [0, 0.05) is 64.4 Å². The van der Waals surface area contributed by atoms with Crippen LogP contribution in [0.3, 0.4) is 0 Å². The lowest BCUT2D eigenvalue weighted by atomic mass is 9.81. The molecule has 0 radical (unpaired) electrons. The standard InChI is InChI=1S/C33H36N2O5.C26H25NO4/c1-38-32(37)24-11-12-27-28(20-24)35-21-25(31(36)34-15-13-33(14-16-34)39-17-18-40-33)19-23-9-5-6-10-26(23)30(35)29(27)22-7-3-2-4-8-22;1-31-26(30)18-11-12-21-22(14-18)27-15-19(25(28)29)13-17-9-5-6-10-20(17)24(27)23(21)16-7-3-2-4-8-16/h5-6,9-12,19-20,22H,2-4,7-8,13-18,21H2,1H3;5-6,9-14,16H,2-4,7-8,15H2,1H3,(H,28,29). The zero-order valence-electron chi connectivity index (χ0n) is 40.7. The Bertz CT molecular complexity index is 3140. The maximum Gasteiger partial charge on any atom is 0.337 e. The van der Waals surface area contributed by atoms with Crippen LogP contribution >= 0.6 is 0 Å². The number of carboxylic acids is 1. The van der Waals surface area contributed by atoms with Crippen LogP contribution in [0, 0.1) is 0 Å². The molecule has 2 saturated heterocycles. The van der Waals surface area contributed by atoms with Gasteiger partial charge in [-0.3, -0.25) is 4.79 Å². The number of methoxy groups -OCH3 is 2. The second kappa shape index (κ2) is 19.4. The van der Waals surface area contributed by atoms with Gasteiger partial charge in [0.25, 0.3) is 5.91 Å². The smallest absolute Gasteiger partial charge is 0.337 e. The number of benzene rings is 4. The van der Waals surface area contributed by atoms with E-state index in [1.54, 1.807) is 6.08 Å². The third kappa shape index (κ3) is 8.58. The number of carbonyl (C=O) groups is 4. The number of piperidine rings is 1. The quantitative estimate of drug-likeness (QED) is 0.162. The molecule has 4 aliphatic heterocycles. The molecule has 4 aromatic carbocycles. The lowest BCUT2D eigenvalue weighted by Gasteiger charge is -2.37. The number of amides is 1. The summed E-state index contributed by atoms with van der Waals surface area (Å²) < 4.78 is 26.2. The number of esters is 2. The maximum atomic E-state index is 14.1. The highest BCUT2D eigenvalue weighted by molar-refractivity contribution is 6.05. The van der Waals surface area contributed by atoms with Crippen molar-refractivity contribution in [1.82, 2.24) is 14.0 Å². The third-order valence-electron chi connectivity index (χ3n) is 16.0. The van der Waals surface area contributed by atoms with Gasteiger partial charge in [-0.1, -0.05) is 99.2 Å². The van der Waals surface area contributed by atoms with Crippen molar-refractivity contribution in [2.24, 2.45) is 0 Å². The molecule has 0 bridgehead atoms. The Kier molecular flexibility index (Phi) is 12.8. The van der Waals surface area contributed by atoms with Gasteiger partial charge in [0.05, 0.1) is 68.6 Å². The molecule has 0 unspecified atom stereocenters. The fraction of sp³-hybridized carbons (Fsp3) is 0.390. The van der Waals surface area contributed by atoms with E-state index in [1.165, 1.54) is 75.0 Å². The molecule has 1 spiro atoms. The molecule has 2 aliphatic carbocycles. The zero-order chi connectivity index (χ0) is 48.8. The Balaban J connectivity index is 0.000000159. The number of ether oxygens (including phenoxy) is 4. The summed E-state index contributed by atoms with van der Waals surface area (Å²) in [5, 5.41) is 12.1. The third-order valence-corrected chi connectivity index (χ3v) is 16.0. The molecule has 6 aromatic rings. The van der Waals surface area contributed by atoms with Gasteiger partial charge < -0.3 is 38.1 Å². The Morgan fingerprint density at radius 2 is 1.04 bits per heavy atom. The molecule has 6 heterocycles. The van der Waals surface area contributed by atoms with Crippen molar-refractivity contribution in [3.05, 3.63) is 129 Å². The van der Waals surface area contributed by atoms with Crippen molar-refractivity contribution in [1.29, 1.82) is 0 Å². The Labute approximate surface area is 413 Å². The molecule has 1 amide bonds. The van der Waals surface area contributed by atoms with E-state index in [4.69, 9.17) is 18.9 Å². The summed E-state index contributed by atoms with van der Waals surface area (Å²) in [6.45, 7) is 3.17. The van der Waals surface area contributed by atoms with E-state index in [2.05, 4.69) is 45.5 Å². The SMILES string of the molecule is COC(=O)c1ccc2c(C3CCCCC3)c3n(c2c1)CC(C(=O)N1CCC2(CC1)OCCO2)=Cc1ccccc1-3.COC(=O)c1ccc2c(C3CCCCC3)c3n(c2c1)CC(C(=O)O)=Cc1ccccc1-3. The molecule has 366 valence electrons. The normalized spacial score (nSPS) is 18.7. The number of hydrogen-bond acceptors (Lipinski definition) is 8. The first-order valence-electron chi connectivity index (χ1n) is 25.5. The van der Waals surface area contributed by atoms with E-state index >= 15 is 0 Å². The summed E-state index contributed by atoms with van der Waals surface area (Å²) >= 11 is 0. The number of carboxylic acid groups (broad SMARTS) is 1. The minimum Gasteiger partial charge on any atom is -0.478 e. The van der Waals surface area contributed by atoms with Crippen LogP contribution in [0.15, 0.2) is 96.1 Å². The van der Waals surface area contributed by atoms with Gasteiger partial charge >= 0.3 is 17.9 Å². The van der Waals surface area contributed by atoms with Crippen LogP contribution in [0.5, 0.6) is 0 Å². The molecule has 2 saturated carbocycles. The van der Waals surface area contributed by atoms with E-state index in [0.717, 1.165) is 75.6 Å². The van der Waals surface area contributed by atoms with Gasteiger partial charge in [-0.05, 0) is 96.2 Å². The van der Waals surface area contributed by atoms with Gasteiger partial charge in [-0.15, -0.1) is 0 Å². The number of hydrogen-bond donors (Lipinski definition) is 1. The molecular formula is C59H61N3O9. The van der Waals surface area contributed by atoms with Gasteiger partial charge in [0.15, 0.2) is 5.79 Å². The molecule has 6 aliphatic rings. The highest BCUT2D eigenvalue weighted by Crippen LogP contribution is 2.49. The fourth-order valence-corrected chi connectivity index (χ4v) is 12.5. The molecule has 71 heavy (non-hydrogen) atoms. The first-order valence-corrected chi connectivity index (χ1v) is 25.5. The van der Waals surface area contributed by atoms with Gasteiger partial charge in [0.2, 0.25) is 0 Å². The average Bonchev–Trinajstić information content (AvgIpc) is 4.02. The van der Waals surface area contributed by atoms with Crippen LogP contribution in [-0.4, -0.2) is 89.3 Å². The highest BCUT2D eigenvalue weighted by atomic mass is 16.7. The Morgan fingerprint density at radius 1 is 0.592 bits per heavy atom. The maximum absolute atomic E-state index is 14.1. The number of aromatic nitrogens is 2. The minimum atomic E-state index is -0.923. The van der Waals surface area contributed by atoms with Crippen molar-refractivity contribution in [2.45, 2.75) is 108 Å². The molecule has 2 aromatic heterocycles. The molecule has 12 nitrogen and oxygen atoms in total. The van der Waals surface area contributed by atoms with Crippen molar-refractivity contribution in [3.63, 3.8) is 0 Å².